The van der Waals surface area contributed by atoms with Crippen molar-refractivity contribution in [3.05, 3.63) is 0 Å². The van der Waals surface area contributed by atoms with E-state index in [9.17, 15) is 4.79 Å². The van der Waals surface area contributed by atoms with Crippen molar-refractivity contribution in [2.45, 2.75) is 0 Å². The Labute approximate surface area is 35.8 Å². The van der Waals surface area contributed by atoms with Crippen LogP contribution in [-0.2, 0) is 4.79 Å². The second-order valence-electron chi connectivity index (χ2n) is 0.611. The van der Waals surface area contributed by atoms with Gasteiger partial charge in [-0.3, -0.25) is 4.79 Å². The summed E-state index contributed by atoms with van der Waals surface area (Å²) in [7, 11) is 0. The summed E-state index contributed by atoms with van der Waals surface area (Å²) >= 11 is 4.20. The molecule has 0 aliphatic heterocycles. The van der Waals surface area contributed by atoms with Gasteiger partial charge in [-0.05, 0) is 0 Å². The molecular weight excluding hydrogens is 86.1 g/mol. The van der Waals surface area contributed by atoms with Crippen molar-refractivity contribution in [2.24, 2.45) is 5.73 Å². The molecule has 2 nitrogen and oxygen atoms in total. The Kier molecular flexibility index (Phi) is 2.01. The minimum absolute atomic E-state index is 0.0278. The van der Waals surface area contributed by atoms with Crippen LogP contribution in [0, 0.1) is 0 Å². The van der Waals surface area contributed by atoms with Crippen molar-refractivity contribution in [1.29, 1.82) is 0 Å². The second-order valence-corrected chi connectivity index (χ2v) is 0.899. The lowest BCUT2D eigenvalue weighted by Crippen LogP contribution is -2.10. The Morgan fingerprint density at radius 3 is 2.20 bits per heavy atom. The van der Waals surface area contributed by atoms with Gasteiger partial charge in [0, 0.05) is 0 Å². The summed E-state index contributed by atoms with van der Waals surface area (Å²) in [6.07, 6.45) is 0. The zero-order chi connectivity index (χ0) is 4.28. The van der Waals surface area contributed by atoms with Crippen LogP contribution in [0.2, 0.25) is 0 Å². The second kappa shape index (κ2) is 2.08. The molecule has 0 heterocycles. The number of hydrogen-bond acceptors (Lipinski definition) is 1. The van der Waals surface area contributed by atoms with Gasteiger partial charge in [0.1, 0.15) is 0 Å². The fourth-order valence-electron chi connectivity index (χ4n) is 0. The third-order valence-corrected chi connectivity index (χ3v) is 0.427. The third kappa shape index (κ3) is 3.82. The van der Waals surface area contributed by atoms with Crippen molar-refractivity contribution in [2.75, 3.05) is 5.75 Å². The number of carbonyl (C=O) groups is 1. The van der Waals surface area contributed by atoms with E-state index in [1.54, 1.807) is 0 Å². The standard InChI is InChI=1S/C2H4NOS/c3-2(4)1-5/h1H2,(H2,3,4). The van der Waals surface area contributed by atoms with E-state index in [0.29, 0.717) is 0 Å². The van der Waals surface area contributed by atoms with Gasteiger partial charge in [0.05, 0.1) is 5.75 Å². The first-order chi connectivity index (χ1) is 2.27. The van der Waals surface area contributed by atoms with Crippen LogP contribution in [0.3, 0.4) is 0 Å². The monoisotopic (exact) mass is 90.0 g/mol. The van der Waals surface area contributed by atoms with Gasteiger partial charge in [-0.25, -0.2) is 0 Å². The first kappa shape index (κ1) is 4.82. The molecule has 0 atom stereocenters. The van der Waals surface area contributed by atoms with Crippen LogP contribution in [-0.4, -0.2) is 11.7 Å². The quantitative estimate of drug-likeness (QED) is 0.470. The first-order valence-electron chi connectivity index (χ1n) is 1.14. The highest BCUT2D eigenvalue weighted by Crippen LogP contribution is 1.63. The van der Waals surface area contributed by atoms with Gasteiger partial charge >= 0.3 is 0 Å². The SMILES string of the molecule is NC(=O)C[S]. The van der Waals surface area contributed by atoms with Crippen LogP contribution in [0.15, 0.2) is 0 Å². The number of nitrogens with two attached hydrogens (primary N) is 1. The van der Waals surface area contributed by atoms with E-state index in [2.05, 4.69) is 18.4 Å². The van der Waals surface area contributed by atoms with Crippen molar-refractivity contribution in [3.63, 3.8) is 0 Å². The lowest BCUT2D eigenvalue weighted by atomic mass is 10.8. The molecule has 0 saturated heterocycles. The molecule has 0 aromatic rings. The lowest BCUT2D eigenvalue weighted by molar-refractivity contribution is -0.115. The van der Waals surface area contributed by atoms with Crippen LogP contribution in [0.4, 0.5) is 0 Å². The fourth-order valence-corrected chi connectivity index (χ4v) is 0. The molecule has 0 bridgehead atoms. The fraction of sp³-hybridized carbons (Fsp3) is 0.500. The molecular formula is C2H4NOS. The van der Waals surface area contributed by atoms with Crippen molar-refractivity contribution >= 4 is 18.5 Å². The third-order valence-electron chi connectivity index (χ3n) is 0.142. The molecule has 0 fully saturated rings. The Balaban J connectivity index is 2.85. The van der Waals surface area contributed by atoms with E-state index in [1.807, 2.05) is 0 Å². The Bertz CT molecular complexity index is 44.9. The summed E-state index contributed by atoms with van der Waals surface area (Å²) in [5, 5.41) is 0. The maximum atomic E-state index is 9.49. The van der Waals surface area contributed by atoms with Gasteiger partial charge in [0.25, 0.3) is 0 Å². The summed E-state index contributed by atoms with van der Waals surface area (Å²) in [6.45, 7) is 0. The molecule has 0 aliphatic rings. The summed E-state index contributed by atoms with van der Waals surface area (Å²) in [5.41, 5.74) is 4.55. The number of hydrogen-bond donors (Lipinski definition) is 1. The van der Waals surface area contributed by atoms with Crippen LogP contribution < -0.4 is 5.73 Å². The van der Waals surface area contributed by atoms with Crippen LogP contribution in [0.1, 0.15) is 0 Å². The average molecular weight is 90.1 g/mol. The molecule has 0 aromatic carbocycles. The smallest absolute Gasteiger partial charge is 0.228 e. The molecule has 0 unspecified atom stereocenters. The van der Waals surface area contributed by atoms with Gasteiger partial charge in [-0.1, -0.05) is 12.6 Å². The number of carbonyl (C=O) groups excluding carboxylic acids is 1. The normalized spacial score (nSPS) is 7.40. The van der Waals surface area contributed by atoms with E-state index < -0.39 is 5.91 Å². The van der Waals surface area contributed by atoms with Crippen molar-refractivity contribution < 1.29 is 4.79 Å². The predicted octanol–water partition coefficient (Wildman–Crippen LogP) is -0.331. The zero-order valence-electron chi connectivity index (χ0n) is 2.60. The number of amides is 1. The Morgan fingerprint density at radius 2 is 2.20 bits per heavy atom. The molecule has 0 aromatic heterocycles. The van der Waals surface area contributed by atoms with Crippen LogP contribution >= 0.6 is 12.6 Å². The molecule has 0 spiro atoms. The van der Waals surface area contributed by atoms with Gasteiger partial charge in [0.2, 0.25) is 5.91 Å². The summed E-state index contributed by atoms with van der Waals surface area (Å²) in [4.78, 5) is 9.49. The lowest BCUT2D eigenvalue weighted by Gasteiger charge is -1.71. The summed E-state index contributed by atoms with van der Waals surface area (Å²) in [6, 6.07) is 0. The van der Waals surface area contributed by atoms with Gasteiger partial charge in [0.15, 0.2) is 0 Å². The largest absolute Gasteiger partial charge is 0.369 e. The minimum atomic E-state index is -0.431. The highest BCUT2D eigenvalue weighted by atomic mass is 32.1. The average Bonchev–Trinajstić information content (AvgIpc) is 1.38. The van der Waals surface area contributed by atoms with Gasteiger partial charge < -0.3 is 5.73 Å². The number of primary amides is 1. The summed E-state index contributed by atoms with van der Waals surface area (Å²) < 4.78 is 0. The minimum Gasteiger partial charge on any atom is -0.369 e. The molecule has 5 heavy (non-hydrogen) atoms. The molecule has 29 valence electrons. The number of rotatable bonds is 1. The van der Waals surface area contributed by atoms with Crippen LogP contribution in [0.5, 0.6) is 0 Å². The van der Waals surface area contributed by atoms with Crippen molar-refractivity contribution in [3.8, 4) is 0 Å². The Hall–Kier alpha value is -0.180. The Morgan fingerprint density at radius 1 is 2.00 bits per heavy atom. The molecule has 1 amide bonds. The topological polar surface area (TPSA) is 43.1 Å². The van der Waals surface area contributed by atoms with E-state index in [-0.39, 0.29) is 5.75 Å². The van der Waals surface area contributed by atoms with E-state index in [0.717, 1.165) is 0 Å². The highest BCUT2D eigenvalue weighted by molar-refractivity contribution is 7.81. The van der Waals surface area contributed by atoms with E-state index in [4.69, 9.17) is 0 Å². The van der Waals surface area contributed by atoms with Crippen LogP contribution in [0.25, 0.3) is 0 Å². The van der Waals surface area contributed by atoms with E-state index >= 15 is 0 Å². The maximum Gasteiger partial charge on any atom is 0.228 e. The molecule has 2 N–H and O–H groups in total. The molecule has 1 radical (unpaired) electrons. The maximum absolute atomic E-state index is 9.49. The molecule has 0 aliphatic carbocycles. The predicted molar refractivity (Wildman–Crippen MR) is 21.7 cm³/mol. The molecule has 0 rings (SSSR count). The summed E-state index contributed by atoms with van der Waals surface area (Å²) in [5.74, 6) is -0.403. The first-order valence-corrected chi connectivity index (χ1v) is 1.71. The highest BCUT2D eigenvalue weighted by Gasteiger charge is 1.79. The van der Waals surface area contributed by atoms with Gasteiger partial charge in [-0.15, -0.1) is 0 Å². The zero-order valence-corrected chi connectivity index (χ0v) is 3.42. The molecule has 3 heteroatoms. The van der Waals surface area contributed by atoms with E-state index in [1.165, 1.54) is 0 Å². The van der Waals surface area contributed by atoms with Gasteiger partial charge in [-0.2, -0.15) is 0 Å². The molecule has 0 saturated carbocycles. The van der Waals surface area contributed by atoms with Crippen molar-refractivity contribution in [1.82, 2.24) is 0 Å².